The lowest BCUT2D eigenvalue weighted by Gasteiger charge is -2.18. The first-order valence-corrected chi connectivity index (χ1v) is 6.29. The van der Waals surface area contributed by atoms with Gasteiger partial charge in [-0.1, -0.05) is 0 Å². The van der Waals surface area contributed by atoms with E-state index in [2.05, 4.69) is 5.32 Å². The number of rotatable bonds is 8. The number of hydrogen-bond donors (Lipinski definition) is 3. The Bertz CT molecular complexity index is 402. The highest BCUT2D eigenvalue weighted by Gasteiger charge is 2.17. The number of nitrogens with two attached hydrogens (primary N) is 1. The topological polar surface area (TPSA) is 58.3 Å². The van der Waals surface area contributed by atoms with Gasteiger partial charge >= 0.3 is 0 Å². The van der Waals surface area contributed by atoms with Gasteiger partial charge in [-0.3, -0.25) is 0 Å². The van der Waals surface area contributed by atoms with Crippen LogP contribution in [0.5, 0.6) is 0 Å². The Morgan fingerprint density at radius 3 is 2.37 bits per heavy atom. The lowest BCUT2D eigenvalue weighted by molar-refractivity contribution is 0.282. The molecule has 0 aliphatic rings. The average Bonchev–Trinajstić information content (AvgIpc) is 2.39. The smallest absolute Gasteiger partial charge is 0.161 e. The van der Waals surface area contributed by atoms with Crippen molar-refractivity contribution in [2.75, 3.05) is 19.7 Å². The van der Waals surface area contributed by atoms with Crippen molar-refractivity contribution in [1.29, 1.82) is 0 Å². The van der Waals surface area contributed by atoms with Crippen molar-refractivity contribution < 1.29 is 18.3 Å². The van der Waals surface area contributed by atoms with Gasteiger partial charge in [0.25, 0.3) is 0 Å². The van der Waals surface area contributed by atoms with Gasteiger partial charge < -0.3 is 16.2 Å². The Labute approximate surface area is 110 Å². The number of unbranched alkanes of at least 4 members (excludes halogenated alkanes) is 2. The fourth-order valence-corrected chi connectivity index (χ4v) is 1.82. The maximum Gasteiger partial charge on any atom is 0.161 e. The van der Waals surface area contributed by atoms with Crippen molar-refractivity contribution in [3.05, 3.63) is 35.1 Å². The normalized spacial score (nSPS) is 12.7. The van der Waals surface area contributed by atoms with Crippen molar-refractivity contribution in [3.8, 4) is 0 Å². The Balaban J connectivity index is 2.61. The second-order valence-electron chi connectivity index (χ2n) is 4.31. The minimum atomic E-state index is -1.21. The van der Waals surface area contributed by atoms with Crippen LogP contribution in [0.1, 0.15) is 30.9 Å². The second-order valence-corrected chi connectivity index (χ2v) is 4.31. The van der Waals surface area contributed by atoms with Gasteiger partial charge in [0, 0.05) is 30.8 Å². The molecule has 1 aromatic carbocycles. The summed E-state index contributed by atoms with van der Waals surface area (Å²) in [5, 5.41) is 11.6. The van der Waals surface area contributed by atoms with E-state index in [0.29, 0.717) is 19.0 Å². The van der Waals surface area contributed by atoms with Crippen LogP contribution in [-0.2, 0) is 0 Å². The van der Waals surface area contributed by atoms with Crippen molar-refractivity contribution in [1.82, 2.24) is 5.32 Å². The molecule has 0 amide bonds. The largest absolute Gasteiger partial charge is 0.396 e. The summed E-state index contributed by atoms with van der Waals surface area (Å²) in [7, 11) is 0. The molecule has 19 heavy (non-hydrogen) atoms. The monoisotopic (exact) mass is 276 g/mol. The minimum Gasteiger partial charge on any atom is -0.396 e. The Kier molecular flexibility index (Phi) is 6.83. The summed E-state index contributed by atoms with van der Waals surface area (Å²) in [6.07, 6.45) is 2.33. The summed E-state index contributed by atoms with van der Waals surface area (Å²) in [5.41, 5.74) is 5.55. The lowest BCUT2D eigenvalue weighted by atomic mass is 10.1. The van der Waals surface area contributed by atoms with Gasteiger partial charge in [-0.15, -0.1) is 0 Å². The van der Waals surface area contributed by atoms with E-state index in [9.17, 15) is 13.2 Å². The van der Waals surface area contributed by atoms with Gasteiger partial charge in [0.2, 0.25) is 0 Å². The molecule has 0 radical (unpaired) electrons. The van der Waals surface area contributed by atoms with Crippen molar-refractivity contribution in [2.45, 2.75) is 25.3 Å². The van der Waals surface area contributed by atoms with E-state index in [1.54, 1.807) is 0 Å². The van der Waals surface area contributed by atoms with Crippen LogP contribution in [0.3, 0.4) is 0 Å². The van der Waals surface area contributed by atoms with Crippen LogP contribution in [0.15, 0.2) is 12.1 Å². The van der Waals surface area contributed by atoms with Crippen LogP contribution in [-0.4, -0.2) is 24.8 Å². The third kappa shape index (κ3) is 4.81. The summed E-state index contributed by atoms with van der Waals surface area (Å²) < 4.78 is 39.5. The molecule has 0 fully saturated rings. The van der Waals surface area contributed by atoms with Crippen molar-refractivity contribution >= 4 is 0 Å². The van der Waals surface area contributed by atoms with Gasteiger partial charge in [-0.2, -0.15) is 0 Å². The molecule has 0 aliphatic heterocycles. The van der Waals surface area contributed by atoms with Crippen LogP contribution in [0.2, 0.25) is 0 Å². The predicted molar refractivity (Wildman–Crippen MR) is 67.1 cm³/mol. The molecule has 6 heteroatoms. The fraction of sp³-hybridized carbons (Fsp3) is 0.538. The lowest BCUT2D eigenvalue weighted by Crippen LogP contribution is -2.30. The number of aliphatic hydroxyl groups excluding tert-OH is 1. The molecule has 1 unspecified atom stereocenters. The molecule has 108 valence electrons. The minimum absolute atomic E-state index is 0.0311. The molecule has 0 aliphatic carbocycles. The molecule has 0 saturated carbocycles. The van der Waals surface area contributed by atoms with Crippen LogP contribution in [0, 0.1) is 17.5 Å². The zero-order valence-corrected chi connectivity index (χ0v) is 10.6. The molecule has 1 aromatic rings. The van der Waals surface area contributed by atoms with Crippen molar-refractivity contribution in [3.63, 3.8) is 0 Å². The van der Waals surface area contributed by atoms with E-state index in [-0.39, 0.29) is 18.7 Å². The van der Waals surface area contributed by atoms with E-state index >= 15 is 0 Å². The van der Waals surface area contributed by atoms with Crippen LogP contribution in [0.4, 0.5) is 13.2 Å². The molecular weight excluding hydrogens is 257 g/mol. The highest BCUT2D eigenvalue weighted by atomic mass is 19.2. The summed E-state index contributed by atoms with van der Waals surface area (Å²) in [6.45, 7) is 0.792. The fourth-order valence-electron chi connectivity index (χ4n) is 1.82. The van der Waals surface area contributed by atoms with Crippen LogP contribution in [0.25, 0.3) is 0 Å². The first-order chi connectivity index (χ1) is 9.10. The maximum atomic E-state index is 13.6. The van der Waals surface area contributed by atoms with E-state index in [1.807, 2.05) is 0 Å². The number of aliphatic hydroxyl groups is 1. The zero-order chi connectivity index (χ0) is 14.3. The predicted octanol–water partition coefficient (Wildman–Crippen LogP) is 1.86. The molecule has 3 nitrogen and oxygen atoms in total. The molecule has 1 rings (SSSR count). The van der Waals surface area contributed by atoms with Gasteiger partial charge in [-0.25, -0.2) is 13.2 Å². The molecule has 1 atom stereocenters. The Morgan fingerprint density at radius 2 is 1.74 bits per heavy atom. The van der Waals surface area contributed by atoms with Crippen LogP contribution < -0.4 is 11.1 Å². The molecular formula is C13H19F3N2O. The second kappa shape index (κ2) is 8.14. The quantitative estimate of drug-likeness (QED) is 0.502. The highest BCUT2D eigenvalue weighted by molar-refractivity contribution is 5.23. The maximum absolute atomic E-state index is 13.6. The molecule has 4 N–H and O–H groups in total. The molecule has 0 heterocycles. The molecule has 0 spiro atoms. The summed E-state index contributed by atoms with van der Waals surface area (Å²) in [5.74, 6) is -3.10. The van der Waals surface area contributed by atoms with Gasteiger partial charge in [0.1, 0.15) is 5.82 Å². The Hall–Kier alpha value is -1.11. The van der Waals surface area contributed by atoms with Gasteiger partial charge in [0.15, 0.2) is 11.6 Å². The standard InChI is InChI=1S/C13H19F3N2O/c14-10-7-12(16)11(15)6-9(10)13(8-17)18-4-2-1-3-5-19/h6-7,13,18-19H,1-5,8,17H2. The zero-order valence-electron chi connectivity index (χ0n) is 10.6. The first kappa shape index (κ1) is 15.9. The molecule has 0 bridgehead atoms. The number of hydrogen-bond acceptors (Lipinski definition) is 3. The number of halogens is 3. The summed E-state index contributed by atoms with van der Waals surface area (Å²) >= 11 is 0. The van der Waals surface area contributed by atoms with Gasteiger partial charge in [0.05, 0.1) is 0 Å². The third-order valence-electron chi connectivity index (χ3n) is 2.88. The van der Waals surface area contributed by atoms with Crippen LogP contribution >= 0.6 is 0 Å². The number of benzene rings is 1. The van der Waals surface area contributed by atoms with E-state index < -0.39 is 23.5 Å². The Morgan fingerprint density at radius 1 is 1.05 bits per heavy atom. The summed E-state index contributed by atoms with van der Waals surface area (Å²) in [6, 6.07) is 0.813. The molecule has 0 saturated heterocycles. The van der Waals surface area contributed by atoms with Crippen molar-refractivity contribution in [2.24, 2.45) is 5.73 Å². The SMILES string of the molecule is NCC(NCCCCCO)c1cc(F)c(F)cc1F. The third-order valence-corrected chi connectivity index (χ3v) is 2.88. The summed E-state index contributed by atoms with van der Waals surface area (Å²) in [4.78, 5) is 0. The van der Waals surface area contributed by atoms with E-state index in [1.165, 1.54) is 0 Å². The van der Waals surface area contributed by atoms with Gasteiger partial charge in [-0.05, 0) is 31.9 Å². The molecule has 0 aromatic heterocycles. The van der Waals surface area contributed by atoms with E-state index in [4.69, 9.17) is 10.8 Å². The highest BCUT2D eigenvalue weighted by Crippen LogP contribution is 2.20. The van der Waals surface area contributed by atoms with E-state index in [0.717, 1.165) is 18.9 Å². The average molecular weight is 276 g/mol. The number of nitrogens with one attached hydrogen (secondary N) is 1. The first-order valence-electron chi connectivity index (χ1n) is 6.29.